The van der Waals surface area contributed by atoms with Crippen LogP contribution < -0.4 is 10.6 Å². The van der Waals surface area contributed by atoms with E-state index in [-0.39, 0.29) is 0 Å². The highest BCUT2D eigenvalue weighted by atomic mass is 16.4. The van der Waals surface area contributed by atoms with Gasteiger partial charge in [0.2, 0.25) is 5.89 Å². The van der Waals surface area contributed by atoms with E-state index in [1.165, 1.54) is 38.5 Å². The molecular formula is C13H22N4O. The second-order valence-electron chi connectivity index (χ2n) is 5.46. The fourth-order valence-electron chi connectivity index (χ4n) is 3.45. The summed E-state index contributed by atoms with van der Waals surface area (Å²) in [6, 6.07) is 1.34. The van der Waals surface area contributed by atoms with Gasteiger partial charge in [-0.15, -0.1) is 5.10 Å². The molecule has 1 atom stereocenters. The van der Waals surface area contributed by atoms with Crippen LogP contribution in [0.1, 0.15) is 44.4 Å². The monoisotopic (exact) mass is 250 g/mol. The summed E-state index contributed by atoms with van der Waals surface area (Å²) in [5.74, 6) is 1.50. The molecule has 1 aliphatic carbocycles. The molecule has 2 heterocycles. The van der Waals surface area contributed by atoms with Gasteiger partial charge in [-0.1, -0.05) is 17.9 Å². The van der Waals surface area contributed by atoms with E-state index in [9.17, 15) is 0 Å². The van der Waals surface area contributed by atoms with Crippen molar-refractivity contribution in [1.82, 2.24) is 10.2 Å². The Kier molecular flexibility index (Phi) is 3.50. The molecule has 3 rings (SSSR count). The van der Waals surface area contributed by atoms with Gasteiger partial charge in [-0.2, -0.15) is 0 Å². The van der Waals surface area contributed by atoms with Crippen molar-refractivity contribution in [2.24, 2.45) is 11.7 Å². The minimum Gasteiger partial charge on any atom is -0.408 e. The molecule has 2 fully saturated rings. The zero-order valence-corrected chi connectivity index (χ0v) is 10.8. The lowest BCUT2D eigenvalue weighted by Gasteiger charge is -2.27. The van der Waals surface area contributed by atoms with Crippen molar-refractivity contribution in [3.63, 3.8) is 0 Å². The topological polar surface area (TPSA) is 68.2 Å². The smallest absolute Gasteiger partial charge is 0.318 e. The molecule has 1 aliphatic heterocycles. The molecule has 100 valence electrons. The van der Waals surface area contributed by atoms with Gasteiger partial charge in [-0.3, -0.25) is 0 Å². The Hall–Kier alpha value is -1.10. The number of hydrogen-bond acceptors (Lipinski definition) is 5. The van der Waals surface area contributed by atoms with Gasteiger partial charge in [-0.25, -0.2) is 0 Å². The van der Waals surface area contributed by atoms with Gasteiger partial charge in [0.15, 0.2) is 0 Å². The standard InChI is InChI=1S/C13H22N4O/c14-8-7-12-15-16-13(18-12)17-9-3-6-11(17)10-4-1-2-5-10/h10-11H,1-9,14H2. The molecule has 0 aromatic carbocycles. The molecule has 1 saturated carbocycles. The van der Waals surface area contributed by atoms with E-state index in [0.717, 1.165) is 12.5 Å². The lowest BCUT2D eigenvalue weighted by molar-refractivity contribution is 0.403. The fraction of sp³-hybridized carbons (Fsp3) is 0.846. The van der Waals surface area contributed by atoms with Crippen LogP contribution in [0.5, 0.6) is 0 Å². The highest BCUT2D eigenvalue weighted by molar-refractivity contribution is 5.29. The lowest BCUT2D eigenvalue weighted by atomic mass is 9.96. The quantitative estimate of drug-likeness (QED) is 0.881. The molecule has 0 radical (unpaired) electrons. The summed E-state index contributed by atoms with van der Waals surface area (Å²) < 4.78 is 5.72. The molecule has 2 N–H and O–H groups in total. The minimum atomic E-state index is 0.563. The highest BCUT2D eigenvalue weighted by Crippen LogP contribution is 2.37. The maximum absolute atomic E-state index is 5.72. The zero-order valence-electron chi connectivity index (χ0n) is 10.8. The Bertz CT molecular complexity index is 386. The molecule has 1 aromatic rings. The fourth-order valence-corrected chi connectivity index (χ4v) is 3.45. The third kappa shape index (κ3) is 2.23. The van der Waals surface area contributed by atoms with Gasteiger partial charge >= 0.3 is 6.01 Å². The van der Waals surface area contributed by atoms with E-state index in [1.807, 2.05) is 0 Å². The maximum atomic E-state index is 5.72. The van der Waals surface area contributed by atoms with E-state index >= 15 is 0 Å². The van der Waals surface area contributed by atoms with Crippen LogP contribution in [0.15, 0.2) is 4.42 Å². The van der Waals surface area contributed by atoms with E-state index in [2.05, 4.69) is 15.1 Å². The molecule has 1 aromatic heterocycles. The first-order valence-electron chi connectivity index (χ1n) is 7.17. The molecule has 0 amide bonds. The molecule has 0 spiro atoms. The van der Waals surface area contributed by atoms with Crippen LogP contribution >= 0.6 is 0 Å². The summed E-state index contributed by atoms with van der Waals surface area (Å²) in [6.07, 6.45) is 8.70. The normalized spacial score (nSPS) is 25.2. The van der Waals surface area contributed by atoms with Crippen LogP contribution in [0, 0.1) is 5.92 Å². The van der Waals surface area contributed by atoms with E-state index < -0.39 is 0 Å². The van der Waals surface area contributed by atoms with E-state index in [4.69, 9.17) is 10.2 Å². The number of rotatable bonds is 4. The van der Waals surface area contributed by atoms with Gasteiger partial charge in [0, 0.05) is 25.6 Å². The predicted molar refractivity (Wildman–Crippen MR) is 69.4 cm³/mol. The first-order chi connectivity index (χ1) is 8.88. The Labute approximate surface area is 108 Å². The Morgan fingerprint density at radius 3 is 2.78 bits per heavy atom. The van der Waals surface area contributed by atoms with Gasteiger partial charge in [-0.05, 0) is 31.6 Å². The molecule has 2 aliphatic rings. The molecule has 1 unspecified atom stereocenters. The largest absolute Gasteiger partial charge is 0.408 e. The van der Waals surface area contributed by atoms with Crippen molar-refractivity contribution in [1.29, 1.82) is 0 Å². The summed E-state index contributed by atoms with van der Waals surface area (Å²) in [5, 5.41) is 8.27. The third-order valence-corrected chi connectivity index (χ3v) is 4.30. The van der Waals surface area contributed by atoms with Crippen LogP contribution in [-0.4, -0.2) is 29.3 Å². The number of aromatic nitrogens is 2. The predicted octanol–water partition coefficient (Wildman–Crippen LogP) is 1.73. The lowest BCUT2D eigenvalue weighted by Crippen LogP contribution is -2.34. The summed E-state index contributed by atoms with van der Waals surface area (Å²) in [5.41, 5.74) is 5.51. The molecule has 1 saturated heterocycles. The first-order valence-corrected chi connectivity index (χ1v) is 7.17. The Balaban J connectivity index is 1.72. The van der Waals surface area contributed by atoms with E-state index in [0.29, 0.717) is 30.9 Å². The van der Waals surface area contributed by atoms with Gasteiger partial charge in [0.05, 0.1) is 0 Å². The van der Waals surface area contributed by atoms with Crippen LogP contribution in [0.3, 0.4) is 0 Å². The third-order valence-electron chi connectivity index (χ3n) is 4.30. The Morgan fingerprint density at radius 2 is 2.00 bits per heavy atom. The molecule has 5 nitrogen and oxygen atoms in total. The average Bonchev–Trinajstić information content (AvgIpc) is 3.10. The van der Waals surface area contributed by atoms with Crippen LogP contribution in [0.2, 0.25) is 0 Å². The number of nitrogens with zero attached hydrogens (tertiary/aromatic N) is 3. The van der Waals surface area contributed by atoms with Crippen LogP contribution in [0.25, 0.3) is 0 Å². The van der Waals surface area contributed by atoms with Gasteiger partial charge < -0.3 is 15.1 Å². The van der Waals surface area contributed by atoms with Crippen molar-refractivity contribution in [3.05, 3.63) is 5.89 Å². The molecule has 0 bridgehead atoms. The van der Waals surface area contributed by atoms with Crippen molar-refractivity contribution >= 4 is 6.01 Å². The molecule has 18 heavy (non-hydrogen) atoms. The van der Waals surface area contributed by atoms with Gasteiger partial charge in [0.1, 0.15) is 0 Å². The first kappa shape index (κ1) is 12.0. The average molecular weight is 250 g/mol. The second kappa shape index (κ2) is 5.26. The SMILES string of the molecule is NCCc1nnc(N2CCCC2C2CCCC2)o1. The molecular weight excluding hydrogens is 228 g/mol. The zero-order chi connectivity index (χ0) is 12.4. The van der Waals surface area contributed by atoms with Crippen molar-refractivity contribution in [2.75, 3.05) is 18.0 Å². The number of hydrogen-bond donors (Lipinski definition) is 1. The highest BCUT2D eigenvalue weighted by Gasteiger charge is 2.35. The number of nitrogens with two attached hydrogens (primary N) is 1. The second-order valence-corrected chi connectivity index (χ2v) is 5.46. The summed E-state index contributed by atoms with van der Waals surface area (Å²) in [4.78, 5) is 2.34. The van der Waals surface area contributed by atoms with Gasteiger partial charge in [0.25, 0.3) is 0 Å². The number of anilines is 1. The Morgan fingerprint density at radius 1 is 1.17 bits per heavy atom. The van der Waals surface area contributed by atoms with Crippen molar-refractivity contribution < 1.29 is 4.42 Å². The van der Waals surface area contributed by atoms with E-state index in [1.54, 1.807) is 0 Å². The summed E-state index contributed by atoms with van der Waals surface area (Å²) in [7, 11) is 0. The van der Waals surface area contributed by atoms with Crippen LogP contribution in [0.4, 0.5) is 6.01 Å². The van der Waals surface area contributed by atoms with Crippen molar-refractivity contribution in [2.45, 2.75) is 51.0 Å². The minimum absolute atomic E-state index is 0.563. The summed E-state index contributed by atoms with van der Waals surface area (Å²) in [6.45, 7) is 1.62. The maximum Gasteiger partial charge on any atom is 0.318 e. The summed E-state index contributed by atoms with van der Waals surface area (Å²) >= 11 is 0. The van der Waals surface area contributed by atoms with Crippen LogP contribution in [-0.2, 0) is 6.42 Å². The molecule has 5 heteroatoms. The van der Waals surface area contributed by atoms with Crippen molar-refractivity contribution in [3.8, 4) is 0 Å².